The van der Waals surface area contributed by atoms with Crippen molar-refractivity contribution in [2.24, 2.45) is 17.6 Å². The van der Waals surface area contributed by atoms with E-state index in [0.717, 1.165) is 28.7 Å². The van der Waals surface area contributed by atoms with E-state index in [0.29, 0.717) is 12.0 Å². The molecule has 4 atom stereocenters. The van der Waals surface area contributed by atoms with Gasteiger partial charge in [-0.05, 0) is 68.2 Å². The highest BCUT2D eigenvalue weighted by Crippen LogP contribution is 2.51. The van der Waals surface area contributed by atoms with Crippen LogP contribution in [0.1, 0.15) is 42.1 Å². The van der Waals surface area contributed by atoms with E-state index in [1.165, 1.54) is 30.4 Å². The molecular weight excluding hydrogens is 234 g/mol. The van der Waals surface area contributed by atoms with Gasteiger partial charge in [0, 0.05) is 12.0 Å². The Balaban J connectivity index is 1.79. The number of aryl methyl sites for hydroxylation is 2. The molecule has 2 saturated carbocycles. The van der Waals surface area contributed by atoms with Crippen LogP contribution in [-0.2, 0) is 0 Å². The van der Waals surface area contributed by atoms with Gasteiger partial charge in [0.2, 0.25) is 0 Å². The molecule has 2 aromatic rings. The van der Waals surface area contributed by atoms with Gasteiger partial charge in [-0.25, -0.2) is 4.98 Å². The third-order valence-electron chi connectivity index (χ3n) is 5.41. The average Bonchev–Trinajstić information content (AvgIpc) is 3.03. The SMILES string of the molecule is Cc1cc2nc(C3C4CCC(C4)C3N)[nH]c2cc1C. The Bertz CT molecular complexity index is 602. The predicted octanol–water partition coefficient (Wildman–Crippen LogP) is 3.02. The molecule has 1 aromatic carbocycles. The molecule has 0 spiro atoms. The molecule has 4 unspecified atom stereocenters. The Kier molecular flexibility index (Phi) is 2.31. The Hall–Kier alpha value is -1.35. The summed E-state index contributed by atoms with van der Waals surface area (Å²) in [5.41, 5.74) is 11.3. The standard InChI is InChI=1S/C16H21N3/c1-8-5-12-13(6-9(8)2)19-16(18-12)14-10-3-4-11(7-10)15(14)17/h5-6,10-11,14-15H,3-4,7,17H2,1-2H3,(H,18,19). The zero-order chi connectivity index (χ0) is 13.1. The number of nitrogens with two attached hydrogens (primary N) is 1. The molecule has 4 rings (SSSR count). The number of nitrogens with one attached hydrogen (secondary N) is 1. The lowest BCUT2D eigenvalue weighted by Crippen LogP contribution is -2.34. The van der Waals surface area contributed by atoms with Crippen LogP contribution < -0.4 is 5.73 Å². The van der Waals surface area contributed by atoms with Crippen LogP contribution in [0.5, 0.6) is 0 Å². The van der Waals surface area contributed by atoms with E-state index in [2.05, 4.69) is 31.0 Å². The maximum absolute atomic E-state index is 6.42. The topological polar surface area (TPSA) is 54.7 Å². The van der Waals surface area contributed by atoms with Crippen molar-refractivity contribution in [3.8, 4) is 0 Å². The van der Waals surface area contributed by atoms with Gasteiger partial charge in [0.15, 0.2) is 0 Å². The lowest BCUT2D eigenvalue weighted by Gasteiger charge is -2.26. The summed E-state index contributed by atoms with van der Waals surface area (Å²) in [5, 5.41) is 0. The van der Waals surface area contributed by atoms with Crippen LogP contribution >= 0.6 is 0 Å². The van der Waals surface area contributed by atoms with Crippen molar-refractivity contribution in [3.63, 3.8) is 0 Å². The van der Waals surface area contributed by atoms with Gasteiger partial charge in [0.1, 0.15) is 5.82 Å². The molecule has 2 fully saturated rings. The molecule has 19 heavy (non-hydrogen) atoms. The molecule has 0 radical (unpaired) electrons. The van der Waals surface area contributed by atoms with E-state index in [4.69, 9.17) is 10.7 Å². The van der Waals surface area contributed by atoms with Gasteiger partial charge in [0.05, 0.1) is 11.0 Å². The minimum absolute atomic E-state index is 0.307. The molecule has 0 saturated heterocycles. The van der Waals surface area contributed by atoms with Crippen LogP contribution in [-0.4, -0.2) is 16.0 Å². The highest BCUT2D eigenvalue weighted by Gasteiger charge is 2.47. The molecule has 1 heterocycles. The van der Waals surface area contributed by atoms with Crippen LogP contribution in [0.3, 0.4) is 0 Å². The van der Waals surface area contributed by atoms with E-state index in [-0.39, 0.29) is 0 Å². The van der Waals surface area contributed by atoms with E-state index in [1.54, 1.807) is 0 Å². The highest BCUT2D eigenvalue weighted by molar-refractivity contribution is 5.77. The minimum Gasteiger partial charge on any atom is -0.342 e. The van der Waals surface area contributed by atoms with Gasteiger partial charge in [-0.1, -0.05) is 0 Å². The number of hydrogen-bond donors (Lipinski definition) is 2. The summed E-state index contributed by atoms with van der Waals surface area (Å²) in [6, 6.07) is 4.70. The van der Waals surface area contributed by atoms with E-state index in [9.17, 15) is 0 Å². The smallest absolute Gasteiger partial charge is 0.112 e. The second-order valence-corrected chi connectivity index (χ2v) is 6.51. The summed E-state index contributed by atoms with van der Waals surface area (Å²) in [5.74, 6) is 3.06. The molecule has 3 N–H and O–H groups in total. The van der Waals surface area contributed by atoms with Gasteiger partial charge in [-0.2, -0.15) is 0 Å². The number of nitrogens with zero attached hydrogens (tertiary/aromatic N) is 1. The summed E-state index contributed by atoms with van der Waals surface area (Å²) in [7, 11) is 0. The summed E-state index contributed by atoms with van der Waals surface area (Å²) in [4.78, 5) is 8.36. The summed E-state index contributed by atoms with van der Waals surface area (Å²) in [6.07, 6.45) is 3.96. The van der Waals surface area contributed by atoms with E-state index in [1.807, 2.05) is 0 Å². The van der Waals surface area contributed by atoms with Crippen LogP contribution in [0.15, 0.2) is 12.1 Å². The van der Waals surface area contributed by atoms with Gasteiger partial charge >= 0.3 is 0 Å². The maximum atomic E-state index is 6.42. The molecular formula is C16H21N3. The van der Waals surface area contributed by atoms with Crippen molar-refractivity contribution in [2.45, 2.75) is 45.1 Å². The van der Waals surface area contributed by atoms with Crippen molar-refractivity contribution in [1.29, 1.82) is 0 Å². The molecule has 2 aliphatic rings. The summed E-state index contributed by atoms with van der Waals surface area (Å²) < 4.78 is 0. The van der Waals surface area contributed by atoms with Crippen LogP contribution in [0.2, 0.25) is 0 Å². The molecule has 0 aliphatic heterocycles. The van der Waals surface area contributed by atoms with Gasteiger partial charge in [-0.3, -0.25) is 0 Å². The number of aromatic amines is 1. The predicted molar refractivity (Wildman–Crippen MR) is 77.1 cm³/mol. The summed E-state index contributed by atoms with van der Waals surface area (Å²) in [6.45, 7) is 4.30. The van der Waals surface area contributed by atoms with E-state index < -0.39 is 0 Å². The molecule has 1 aromatic heterocycles. The number of H-pyrrole nitrogens is 1. The van der Waals surface area contributed by atoms with Crippen molar-refractivity contribution in [3.05, 3.63) is 29.1 Å². The zero-order valence-electron chi connectivity index (χ0n) is 11.6. The van der Waals surface area contributed by atoms with E-state index >= 15 is 0 Å². The molecule has 100 valence electrons. The fourth-order valence-corrected chi connectivity index (χ4v) is 4.19. The first-order valence-electron chi connectivity index (χ1n) is 7.36. The maximum Gasteiger partial charge on any atom is 0.112 e. The normalized spacial score (nSPS) is 33.4. The lowest BCUT2D eigenvalue weighted by atomic mass is 9.84. The Morgan fingerprint density at radius 1 is 1.16 bits per heavy atom. The first-order valence-corrected chi connectivity index (χ1v) is 7.36. The number of benzene rings is 1. The monoisotopic (exact) mass is 255 g/mol. The average molecular weight is 255 g/mol. The second-order valence-electron chi connectivity index (χ2n) is 6.51. The van der Waals surface area contributed by atoms with Gasteiger partial charge in [-0.15, -0.1) is 0 Å². The van der Waals surface area contributed by atoms with Crippen molar-refractivity contribution in [2.75, 3.05) is 0 Å². The van der Waals surface area contributed by atoms with Crippen molar-refractivity contribution in [1.82, 2.24) is 9.97 Å². The number of rotatable bonds is 1. The van der Waals surface area contributed by atoms with Crippen LogP contribution in [0.25, 0.3) is 11.0 Å². The fraction of sp³-hybridized carbons (Fsp3) is 0.562. The Morgan fingerprint density at radius 3 is 2.63 bits per heavy atom. The third kappa shape index (κ3) is 1.57. The number of fused-ring (bicyclic) bond motifs is 3. The minimum atomic E-state index is 0.307. The largest absolute Gasteiger partial charge is 0.342 e. The quantitative estimate of drug-likeness (QED) is 0.823. The molecule has 3 heteroatoms. The highest BCUT2D eigenvalue weighted by atomic mass is 15.0. The Morgan fingerprint density at radius 2 is 1.89 bits per heavy atom. The number of imidazole rings is 1. The van der Waals surface area contributed by atoms with Crippen molar-refractivity contribution < 1.29 is 0 Å². The van der Waals surface area contributed by atoms with Gasteiger partial charge < -0.3 is 10.7 Å². The summed E-state index contributed by atoms with van der Waals surface area (Å²) >= 11 is 0. The van der Waals surface area contributed by atoms with Gasteiger partial charge in [0.25, 0.3) is 0 Å². The zero-order valence-corrected chi connectivity index (χ0v) is 11.6. The molecule has 3 nitrogen and oxygen atoms in total. The second kappa shape index (κ2) is 3.83. The first kappa shape index (κ1) is 11.5. The van der Waals surface area contributed by atoms with Crippen LogP contribution in [0, 0.1) is 25.7 Å². The Labute approximate surface area is 113 Å². The fourth-order valence-electron chi connectivity index (χ4n) is 4.19. The molecule has 2 aliphatic carbocycles. The molecule has 0 amide bonds. The first-order chi connectivity index (χ1) is 9.13. The van der Waals surface area contributed by atoms with Crippen LogP contribution in [0.4, 0.5) is 0 Å². The number of aromatic nitrogens is 2. The lowest BCUT2D eigenvalue weighted by molar-refractivity contribution is 0.356. The number of hydrogen-bond acceptors (Lipinski definition) is 2. The molecule has 2 bridgehead atoms. The third-order valence-corrected chi connectivity index (χ3v) is 5.41. The van der Waals surface area contributed by atoms with Crippen molar-refractivity contribution >= 4 is 11.0 Å².